The zero-order valence-electron chi connectivity index (χ0n) is 3.87. The van der Waals surface area contributed by atoms with Crippen LogP contribution in [-0.4, -0.2) is 22.2 Å². The Bertz CT molecular complexity index is 119. The fraction of sp³-hybridized carbons (Fsp3) is 0. The Morgan fingerprint density at radius 2 is 1.25 bits per heavy atom. The molecule has 0 aromatic rings. The van der Waals surface area contributed by atoms with Crippen molar-refractivity contribution in [3.63, 3.8) is 0 Å². The van der Waals surface area contributed by atoms with E-state index in [4.69, 9.17) is 10.2 Å². The van der Waals surface area contributed by atoms with Gasteiger partial charge in [-0.25, -0.2) is 9.59 Å². The molecule has 8 heavy (non-hydrogen) atoms. The minimum absolute atomic E-state index is 0.558. The second-order valence-electron chi connectivity index (χ2n) is 1.01. The molecule has 0 aromatic carbocycles. The molecule has 0 radical (unpaired) electrons. The molecule has 0 atom stereocenters. The number of carboxylic acids is 2. The van der Waals surface area contributed by atoms with Crippen molar-refractivity contribution in [3.8, 4) is 0 Å². The molecular formula is C4H4O4. The first kappa shape index (κ1) is 6.68. The topological polar surface area (TPSA) is 74.6 Å². The number of carboxylic acid groups (broad SMARTS) is 2. The maximum atomic E-state index is 9.55. The smallest absolute Gasteiger partial charge is 0.328 e. The van der Waals surface area contributed by atoms with Gasteiger partial charge in [0.25, 0.3) is 0 Å². The molecule has 0 rings (SSSR count). The molecule has 0 aromatic heterocycles. The highest BCUT2D eigenvalue weighted by molar-refractivity contribution is 5.89. The summed E-state index contributed by atoms with van der Waals surface area (Å²) in [6.07, 6.45) is 1.12. The van der Waals surface area contributed by atoms with E-state index >= 15 is 0 Å². The van der Waals surface area contributed by atoms with Crippen LogP contribution in [0.4, 0.5) is 0 Å². The van der Waals surface area contributed by atoms with Gasteiger partial charge in [0.05, 0.1) is 0 Å². The average molecular weight is 120 g/mol. The molecule has 44 valence electrons. The SMILES string of the molecule is O=[14C](O)/C=C/[14C](=O)O. The van der Waals surface area contributed by atoms with E-state index in [1.807, 2.05) is 0 Å². The first-order valence-corrected chi connectivity index (χ1v) is 1.77. The van der Waals surface area contributed by atoms with E-state index in [9.17, 15) is 9.59 Å². The summed E-state index contributed by atoms with van der Waals surface area (Å²) in [7, 11) is 0. The van der Waals surface area contributed by atoms with E-state index in [1.165, 1.54) is 0 Å². The fourth-order valence-electron chi connectivity index (χ4n) is 0.143. The van der Waals surface area contributed by atoms with Crippen molar-refractivity contribution >= 4 is 11.9 Å². The molecule has 4 heteroatoms. The highest BCUT2D eigenvalue weighted by atomic mass is 16.6. The molecule has 0 aliphatic heterocycles. The third kappa shape index (κ3) is 4.68. The van der Waals surface area contributed by atoms with E-state index in [1.54, 1.807) is 0 Å². The van der Waals surface area contributed by atoms with E-state index in [-0.39, 0.29) is 0 Å². The summed E-state index contributed by atoms with van der Waals surface area (Å²) in [6.45, 7) is 0. The monoisotopic (exact) mass is 120 g/mol. The van der Waals surface area contributed by atoms with Crippen LogP contribution < -0.4 is 0 Å². The maximum Gasteiger partial charge on any atom is 0.328 e. The summed E-state index contributed by atoms with van der Waals surface area (Å²) >= 11 is 0. The molecule has 0 saturated heterocycles. The summed E-state index contributed by atoms with van der Waals surface area (Å²) in [4.78, 5) is 19.1. The lowest BCUT2D eigenvalue weighted by atomic mass is 10.9. The summed E-state index contributed by atoms with van der Waals surface area (Å²) in [5.74, 6) is -2.51. The standard InChI is InChI=1S/C4H4O4/c5-3(6)1-2-4(7)8/h1-2H,(H,5,6)(H,7,8)/b2-1+/i3+2,4+2. The Labute approximate surface area is 45.1 Å². The van der Waals surface area contributed by atoms with Gasteiger partial charge in [-0.3, -0.25) is 0 Å². The van der Waals surface area contributed by atoms with Crippen LogP contribution in [0, 0.1) is 0 Å². The molecule has 0 bridgehead atoms. The van der Waals surface area contributed by atoms with E-state index in [2.05, 4.69) is 0 Å². The summed E-state index contributed by atoms with van der Waals surface area (Å²) in [5.41, 5.74) is 0. The third-order valence-electron chi connectivity index (χ3n) is 0.368. The molecule has 0 aliphatic rings. The predicted molar refractivity (Wildman–Crippen MR) is 24.4 cm³/mol. The molecule has 0 heterocycles. The van der Waals surface area contributed by atoms with Crippen molar-refractivity contribution in [2.24, 2.45) is 0 Å². The fourth-order valence-corrected chi connectivity index (χ4v) is 0.143. The highest BCUT2D eigenvalue weighted by Gasteiger charge is 1.88. The van der Waals surface area contributed by atoms with Gasteiger partial charge in [-0.1, -0.05) is 0 Å². The lowest BCUT2D eigenvalue weighted by Crippen LogP contribution is -1.91. The summed E-state index contributed by atoms with van der Waals surface area (Å²) in [5, 5.41) is 15.6. The molecule has 0 aliphatic carbocycles. The van der Waals surface area contributed by atoms with Gasteiger partial charge in [0.15, 0.2) is 0 Å². The molecule has 4 nitrogen and oxygen atoms in total. The Kier molecular flexibility index (Phi) is 2.33. The van der Waals surface area contributed by atoms with Crippen LogP contribution in [0.2, 0.25) is 0 Å². The highest BCUT2D eigenvalue weighted by Crippen LogP contribution is 1.70. The van der Waals surface area contributed by atoms with Gasteiger partial charge in [-0.05, 0) is 0 Å². The van der Waals surface area contributed by atoms with Crippen molar-refractivity contribution in [2.75, 3.05) is 0 Å². The Morgan fingerprint density at radius 3 is 1.38 bits per heavy atom. The lowest BCUT2D eigenvalue weighted by molar-refractivity contribution is -0.134. The zero-order chi connectivity index (χ0) is 6.57. The van der Waals surface area contributed by atoms with Crippen LogP contribution in [0.25, 0.3) is 0 Å². The normalized spacial score (nSPS) is 9.50. The molecule has 0 fully saturated rings. The van der Waals surface area contributed by atoms with E-state index in [0.717, 1.165) is 0 Å². The van der Waals surface area contributed by atoms with Gasteiger partial charge in [0, 0.05) is 12.2 Å². The molecule has 2 N–H and O–H groups in total. The summed E-state index contributed by atoms with van der Waals surface area (Å²) in [6, 6.07) is 0. The van der Waals surface area contributed by atoms with Crippen molar-refractivity contribution in [1.82, 2.24) is 0 Å². The Hall–Kier alpha value is -1.32. The van der Waals surface area contributed by atoms with E-state index < -0.39 is 11.9 Å². The molecule has 0 saturated carbocycles. The third-order valence-corrected chi connectivity index (χ3v) is 0.368. The van der Waals surface area contributed by atoms with Crippen LogP contribution in [-0.2, 0) is 9.59 Å². The van der Waals surface area contributed by atoms with Crippen LogP contribution >= 0.6 is 0 Å². The Morgan fingerprint density at radius 1 is 1.00 bits per heavy atom. The van der Waals surface area contributed by atoms with Crippen molar-refractivity contribution in [3.05, 3.63) is 12.2 Å². The van der Waals surface area contributed by atoms with Gasteiger partial charge in [-0.2, -0.15) is 0 Å². The first-order chi connectivity index (χ1) is 3.63. The minimum atomic E-state index is -1.26. The van der Waals surface area contributed by atoms with Crippen molar-refractivity contribution < 1.29 is 19.8 Å². The van der Waals surface area contributed by atoms with Crippen LogP contribution in [0.1, 0.15) is 0 Å². The largest absolute Gasteiger partial charge is 0.478 e. The molecule has 0 amide bonds. The Balaban J connectivity index is 3.67. The maximum absolute atomic E-state index is 9.55. The van der Waals surface area contributed by atoms with Gasteiger partial charge in [0.1, 0.15) is 0 Å². The number of aliphatic carboxylic acids is 2. The molecule has 0 unspecified atom stereocenters. The number of carbonyl (C=O) groups is 2. The van der Waals surface area contributed by atoms with Crippen LogP contribution in [0.3, 0.4) is 0 Å². The van der Waals surface area contributed by atoms with Gasteiger partial charge in [0.2, 0.25) is 0 Å². The molecular weight excluding hydrogens is 116 g/mol. The van der Waals surface area contributed by atoms with Gasteiger partial charge < -0.3 is 10.2 Å². The van der Waals surface area contributed by atoms with Gasteiger partial charge in [-0.15, -0.1) is 0 Å². The van der Waals surface area contributed by atoms with Crippen LogP contribution in [0.15, 0.2) is 12.2 Å². The second kappa shape index (κ2) is 2.79. The average Bonchev–Trinajstić information content (AvgIpc) is 1.61. The van der Waals surface area contributed by atoms with E-state index in [0.29, 0.717) is 12.2 Å². The van der Waals surface area contributed by atoms with Crippen molar-refractivity contribution in [2.45, 2.75) is 0 Å². The second-order valence-corrected chi connectivity index (χ2v) is 1.01. The number of hydrogen-bond acceptors (Lipinski definition) is 2. The number of hydrogen-bond donors (Lipinski definition) is 2. The predicted octanol–water partition coefficient (Wildman–Crippen LogP) is -0.288. The first-order valence-electron chi connectivity index (χ1n) is 1.77. The minimum Gasteiger partial charge on any atom is -0.478 e. The summed E-state index contributed by atoms with van der Waals surface area (Å²) < 4.78 is 0. The van der Waals surface area contributed by atoms with Crippen LogP contribution in [0.5, 0.6) is 0 Å². The number of rotatable bonds is 2. The quantitative estimate of drug-likeness (QED) is 0.491. The molecule has 0 spiro atoms. The van der Waals surface area contributed by atoms with Crippen molar-refractivity contribution in [1.29, 1.82) is 0 Å². The van der Waals surface area contributed by atoms with Gasteiger partial charge >= 0.3 is 11.9 Å². The lowest BCUT2D eigenvalue weighted by Gasteiger charge is -1.74. The zero-order valence-corrected chi connectivity index (χ0v) is 3.87.